The zero-order chi connectivity index (χ0) is 22.3. The molecule has 0 spiro atoms. The van der Waals surface area contributed by atoms with E-state index in [9.17, 15) is 8.42 Å². The van der Waals surface area contributed by atoms with Crippen molar-refractivity contribution in [3.63, 3.8) is 0 Å². The van der Waals surface area contributed by atoms with Gasteiger partial charge in [0, 0.05) is 19.0 Å². The molecule has 32 heavy (non-hydrogen) atoms. The van der Waals surface area contributed by atoms with Gasteiger partial charge in [0.05, 0.1) is 11.7 Å². The van der Waals surface area contributed by atoms with E-state index < -0.39 is 15.4 Å². The van der Waals surface area contributed by atoms with Gasteiger partial charge in [-0.2, -0.15) is 9.61 Å². The molecule has 0 radical (unpaired) electrons. The first-order chi connectivity index (χ1) is 15.4. The summed E-state index contributed by atoms with van der Waals surface area (Å²) in [6.45, 7) is 3.20. The smallest absolute Gasteiger partial charge is 0.213 e. The van der Waals surface area contributed by atoms with Crippen molar-refractivity contribution in [2.45, 2.75) is 31.1 Å². The first-order valence-corrected chi connectivity index (χ1v) is 13.3. The lowest BCUT2D eigenvalue weighted by Gasteiger charge is -2.29. The SMILES string of the molecule is CC(c1ccccc1)(c1ccccc1)c1nn2c(C3CCN(S(C)(=O)=O)CC3)nnc2s1. The lowest BCUT2D eigenvalue weighted by atomic mass is 9.77. The Hall–Kier alpha value is -2.62. The van der Waals surface area contributed by atoms with Crippen molar-refractivity contribution in [1.29, 1.82) is 0 Å². The monoisotopic (exact) mass is 467 g/mol. The van der Waals surface area contributed by atoms with Gasteiger partial charge in [-0.3, -0.25) is 0 Å². The molecule has 1 fully saturated rings. The number of fused-ring (bicyclic) bond motifs is 1. The summed E-state index contributed by atoms with van der Waals surface area (Å²) >= 11 is 1.56. The van der Waals surface area contributed by atoms with Crippen molar-refractivity contribution in [1.82, 2.24) is 24.1 Å². The Morgan fingerprint density at radius 3 is 2.03 bits per heavy atom. The van der Waals surface area contributed by atoms with Gasteiger partial charge in [0.15, 0.2) is 5.82 Å². The molecule has 0 N–H and O–H groups in total. The summed E-state index contributed by atoms with van der Waals surface area (Å²) in [5.41, 5.74) is 1.91. The van der Waals surface area contributed by atoms with Crippen LogP contribution in [0.1, 0.15) is 47.6 Å². The molecule has 0 aliphatic carbocycles. The third-order valence-electron chi connectivity index (χ3n) is 6.43. The molecule has 0 unspecified atom stereocenters. The lowest BCUT2D eigenvalue weighted by Crippen LogP contribution is -2.37. The number of rotatable bonds is 5. The fourth-order valence-electron chi connectivity index (χ4n) is 4.49. The third kappa shape index (κ3) is 3.64. The molecule has 2 aromatic heterocycles. The van der Waals surface area contributed by atoms with Crippen LogP contribution in [0.5, 0.6) is 0 Å². The summed E-state index contributed by atoms with van der Waals surface area (Å²) in [6, 6.07) is 20.8. The molecule has 166 valence electrons. The Morgan fingerprint density at radius 1 is 0.938 bits per heavy atom. The van der Waals surface area contributed by atoms with E-state index in [0.717, 1.165) is 28.6 Å². The van der Waals surface area contributed by atoms with Crippen LogP contribution in [0.15, 0.2) is 60.7 Å². The average Bonchev–Trinajstić information content (AvgIpc) is 3.41. The number of aromatic nitrogens is 4. The van der Waals surface area contributed by atoms with Gasteiger partial charge in [0.2, 0.25) is 15.0 Å². The molecule has 1 aliphatic rings. The van der Waals surface area contributed by atoms with Crippen LogP contribution in [0, 0.1) is 0 Å². The Kier molecular flexibility index (Phi) is 5.35. The van der Waals surface area contributed by atoms with Crippen molar-refractivity contribution in [3.8, 4) is 0 Å². The minimum Gasteiger partial charge on any atom is -0.213 e. The minimum atomic E-state index is -3.16. The number of hydrogen-bond acceptors (Lipinski definition) is 6. The molecular formula is C23H25N5O2S2. The summed E-state index contributed by atoms with van der Waals surface area (Å²) < 4.78 is 27.1. The predicted octanol–water partition coefficient (Wildman–Crippen LogP) is 3.68. The Balaban J connectivity index is 1.54. The first kappa shape index (κ1) is 21.2. The van der Waals surface area contributed by atoms with Crippen LogP contribution >= 0.6 is 11.3 Å². The molecule has 0 atom stereocenters. The van der Waals surface area contributed by atoms with Gasteiger partial charge in [0.1, 0.15) is 5.01 Å². The highest BCUT2D eigenvalue weighted by Crippen LogP contribution is 2.41. The van der Waals surface area contributed by atoms with Crippen molar-refractivity contribution in [2.75, 3.05) is 19.3 Å². The Morgan fingerprint density at radius 2 is 1.50 bits per heavy atom. The highest BCUT2D eigenvalue weighted by atomic mass is 32.2. The van der Waals surface area contributed by atoms with Gasteiger partial charge >= 0.3 is 0 Å². The third-order valence-corrected chi connectivity index (χ3v) is 8.86. The van der Waals surface area contributed by atoms with Crippen molar-refractivity contribution >= 4 is 26.3 Å². The van der Waals surface area contributed by atoms with Gasteiger partial charge in [-0.15, -0.1) is 10.2 Å². The number of piperidine rings is 1. The average molecular weight is 468 g/mol. The van der Waals surface area contributed by atoms with Crippen molar-refractivity contribution < 1.29 is 8.42 Å². The van der Waals surface area contributed by atoms with Crippen LogP contribution in [-0.4, -0.2) is 51.9 Å². The number of hydrogen-bond donors (Lipinski definition) is 0. The van der Waals surface area contributed by atoms with Gasteiger partial charge in [-0.1, -0.05) is 72.0 Å². The summed E-state index contributed by atoms with van der Waals surface area (Å²) in [5, 5.41) is 14.8. The van der Waals surface area contributed by atoms with Crippen molar-refractivity contribution in [2.24, 2.45) is 0 Å². The maximum atomic E-state index is 11.9. The van der Waals surface area contributed by atoms with E-state index >= 15 is 0 Å². The van der Waals surface area contributed by atoms with Gasteiger partial charge in [-0.25, -0.2) is 12.7 Å². The van der Waals surface area contributed by atoms with E-state index in [4.69, 9.17) is 5.10 Å². The number of benzene rings is 2. The predicted molar refractivity (Wildman–Crippen MR) is 125 cm³/mol. The van der Waals surface area contributed by atoms with Crippen LogP contribution in [-0.2, 0) is 15.4 Å². The molecular weight excluding hydrogens is 442 g/mol. The second-order valence-electron chi connectivity index (χ2n) is 8.45. The highest BCUT2D eigenvalue weighted by molar-refractivity contribution is 7.88. The van der Waals surface area contributed by atoms with Gasteiger partial charge in [0.25, 0.3) is 0 Å². The van der Waals surface area contributed by atoms with Crippen LogP contribution in [0.2, 0.25) is 0 Å². The molecule has 7 nitrogen and oxygen atoms in total. The fraction of sp³-hybridized carbons (Fsp3) is 0.348. The quantitative estimate of drug-likeness (QED) is 0.447. The molecule has 5 rings (SSSR count). The second kappa shape index (κ2) is 8.06. The molecule has 4 aromatic rings. The van der Waals surface area contributed by atoms with Gasteiger partial charge < -0.3 is 0 Å². The molecule has 1 aliphatic heterocycles. The number of sulfonamides is 1. The van der Waals surface area contributed by atoms with E-state index in [2.05, 4.69) is 65.7 Å². The molecule has 2 aromatic carbocycles. The minimum absolute atomic E-state index is 0.137. The molecule has 0 bridgehead atoms. The zero-order valence-corrected chi connectivity index (χ0v) is 19.7. The fourth-order valence-corrected chi connectivity index (χ4v) is 6.40. The zero-order valence-electron chi connectivity index (χ0n) is 18.0. The Labute approximate surface area is 191 Å². The maximum absolute atomic E-state index is 11.9. The Bertz CT molecular complexity index is 1290. The van der Waals surface area contributed by atoms with Gasteiger partial charge in [-0.05, 0) is 30.9 Å². The molecule has 0 saturated carbocycles. The largest absolute Gasteiger partial charge is 0.234 e. The maximum Gasteiger partial charge on any atom is 0.234 e. The second-order valence-corrected chi connectivity index (χ2v) is 11.4. The summed E-state index contributed by atoms with van der Waals surface area (Å²) in [5.74, 6) is 0.955. The summed E-state index contributed by atoms with van der Waals surface area (Å²) in [4.78, 5) is 0.763. The van der Waals surface area contributed by atoms with Crippen LogP contribution in [0.3, 0.4) is 0 Å². The molecule has 3 heterocycles. The highest BCUT2D eigenvalue weighted by Gasteiger charge is 2.36. The standard InChI is InChI=1S/C23H25N5O2S2/c1-23(18-9-5-3-6-10-18,19-11-7-4-8-12-19)21-26-28-20(24-25-22(28)31-21)17-13-15-27(16-14-17)32(2,29)30/h3-12,17H,13-16H2,1-2H3. The first-order valence-electron chi connectivity index (χ1n) is 10.7. The summed E-state index contributed by atoms with van der Waals surface area (Å²) in [6.07, 6.45) is 2.70. The lowest BCUT2D eigenvalue weighted by molar-refractivity contribution is 0.313. The molecule has 1 saturated heterocycles. The van der Waals surface area contributed by atoms with Crippen molar-refractivity contribution in [3.05, 3.63) is 82.6 Å². The van der Waals surface area contributed by atoms with E-state index in [1.165, 1.54) is 21.7 Å². The number of nitrogens with zero attached hydrogens (tertiary/aromatic N) is 5. The normalized spacial score (nSPS) is 16.6. The van der Waals surface area contributed by atoms with Crippen LogP contribution in [0.25, 0.3) is 4.96 Å². The van der Waals surface area contributed by atoms with Crippen LogP contribution in [0.4, 0.5) is 0 Å². The van der Waals surface area contributed by atoms with E-state index in [-0.39, 0.29) is 5.92 Å². The van der Waals surface area contributed by atoms with E-state index in [1.807, 2.05) is 16.6 Å². The van der Waals surface area contributed by atoms with Crippen LogP contribution < -0.4 is 0 Å². The molecule has 0 amide bonds. The molecule has 9 heteroatoms. The van der Waals surface area contributed by atoms with E-state index in [0.29, 0.717) is 13.1 Å². The topological polar surface area (TPSA) is 80.5 Å². The summed E-state index contributed by atoms with van der Waals surface area (Å²) in [7, 11) is -3.16. The van der Waals surface area contributed by atoms with E-state index in [1.54, 1.807) is 11.3 Å².